The summed E-state index contributed by atoms with van der Waals surface area (Å²) in [6.45, 7) is 3.79. The van der Waals surface area contributed by atoms with E-state index < -0.39 is 0 Å². The van der Waals surface area contributed by atoms with Gasteiger partial charge in [-0.05, 0) is 24.5 Å². The van der Waals surface area contributed by atoms with Gasteiger partial charge in [0.1, 0.15) is 0 Å². The van der Waals surface area contributed by atoms with Crippen LogP contribution in [-0.4, -0.2) is 10.7 Å². The molecule has 0 heterocycles. The summed E-state index contributed by atoms with van der Waals surface area (Å²) in [6.07, 6.45) is 1.13. The van der Waals surface area contributed by atoms with Crippen LogP contribution in [0.25, 0.3) is 0 Å². The number of hydrogen-bond acceptors (Lipinski definition) is 3. The summed E-state index contributed by atoms with van der Waals surface area (Å²) < 4.78 is 0. The van der Waals surface area contributed by atoms with Crippen LogP contribution in [0.5, 0.6) is 0 Å². The predicted octanol–water partition coefficient (Wildman–Crippen LogP) is 3.95. The van der Waals surface area contributed by atoms with Gasteiger partial charge in [-0.1, -0.05) is 44.2 Å². The highest BCUT2D eigenvalue weighted by Crippen LogP contribution is 2.28. The fraction of sp³-hybridized carbons (Fsp3) is 0.235. The number of rotatable bonds is 5. The van der Waals surface area contributed by atoms with Gasteiger partial charge >= 0.3 is 0 Å². The van der Waals surface area contributed by atoms with Crippen LogP contribution in [0.2, 0.25) is 0 Å². The van der Waals surface area contributed by atoms with E-state index in [9.17, 15) is 14.9 Å². The molecule has 0 bridgehead atoms. The summed E-state index contributed by atoms with van der Waals surface area (Å²) >= 11 is 0. The number of nitro benzene ring substituents is 1. The molecular weight excluding hydrogens is 266 g/mol. The largest absolute Gasteiger partial charge is 0.289 e. The maximum atomic E-state index is 12.6. The van der Waals surface area contributed by atoms with Gasteiger partial charge in [-0.25, -0.2) is 0 Å². The smallest absolute Gasteiger partial charge is 0.272 e. The van der Waals surface area contributed by atoms with Gasteiger partial charge in [0.15, 0.2) is 5.78 Å². The van der Waals surface area contributed by atoms with Crippen molar-refractivity contribution in [1.29, 1.82) is 0 Å². The number of nitrogens with zero attached hydrogens (tertiary/aromatic N) is 1. The standard InChI is InChI=1S/C17H17NO3/c1-3-13-14(4-2)16(18(20)21)11-10-15(13)17(19)12-8-6-5-7-9-12/h5-11H,3-4H2,1-2H3. The Morgan fingerprint density at radius 2 is 1.62 bits per heavy atom. The second kappa shape index (κ2) is 6.31. The molecule has 0 spiro atoms. The Morgan fingerprint density at radius 3 is 2.14 bits per heavy atom. The normalized spacial score (nSPS) is 10.4. The van der Waals surface area contributed by atoms with Gasteiger partial charge in [-0.3, -0.25) is 14.9 Å². The molecule has 0 aromatic heterocycles. The van der Waals surface area contributed by atoms with Crippen molar-refractivity contribution >= 4 is 11.5 Å². The van der Waals surface area contributed by atoms with E-state index >= 15 is 0 Å². The molecule has 108 valence electrons. The third kappa shape index (κ3) is 2.84. The maximum absolute atomic E-state index is 12.6. The van der Waals surface area contributed by atoms with E-state index in [-0.39, 0.29) is 16.4 Å². The Kier molecular flexibility index (Phi) is 4.48. The Balaban J connectivity index is 2.60. The lowest BCUT2D eigenvalue weighted by Crippen LogP contribution is -2.09. The van der Waals surface area contributed by atoms with Crippen molar-refractivity contribution in [3.63, 3.8) is 0 Å². The molecule has 0 fully saturated rings. The Morgan fingerprint density at radius 1 is 1.00 bits per heavy atom. The van der Waals surface area contributed by atoms with Crippen molar-refractivity contribution in [1.82, 2.24) is 0 Å². The maximum Gasteiger partial charge on any atom is 0.272 e. The predicted molar refractivity (Wildman–Crippen MR) is 81.7 cm³/mol. The van der Waals surface area contributed by atoms with Gasteiger partial charge in [0.05, 0.1) is 4.92 Å². The molecule has 0 saturated heterocycles. The van der Waals surface area contributed by atoms with E-state index in [1.807, 2.05) is 32.0 Å². The molecule has 0 aliphatic heterocycles. The second-order valence-corrected chi connectivity index (χ2v) is 4.75. The first-order valence-electron chi connectivity index (χ1n) is 6.99. The first-order chi connectivity index (χ1) is 10.1. The van der Waals surface area contributed by atoms with E-state index in [0.717, 1.165) is 5.56 Å². The molecule has 0 unspecified atom stereocenters. The second-order valence-electron chi connectivity index (χ2n) is 4.75. The Hall–Kier alpha value is -2.49. The SMILES string of the molecule is CCc1c(C(=O)c2ccccc2)ccc([N+](=O)[O-])c1CC. The van der Waals surface area contributed by atoms with Crippen molar-refractivity contribution in [2.75, 3.05) is 0 Å². The van der Waals surface area contributed by atoms with Crippen LogP contribution in [-0.2, 0) is 12.8 Å². The van der Waals surface area contributed by atoms with Crippen LogP contribution in [0.3, 0.4) is 0 Å². The fourth-order valence-electron chi connectivity index (χ4n) is 2.61. The number of carbonyl (C=O) groups is 1. The lowest BCUT2D eigenvalue weighted by atomic mass is 9.91. The van der Waals surface area contributed by atoms with Crippen LogP contribution in [0, 0.1) is 10.1 Å². The molecule has 0 radical (unpaired) electrons. The summed E-state index contributed by atoms with van der Waals surface area (Å²) in [7, 11) is 0. The molecule has 2 aromatic rings. The Labute approximate surface area is 123 Å². The highest BCUT2D eigenvalue weighted by Gasteiger charge is 2.22. The monoisotopic (exact) mass is 283 g/mol. The topological polar surface area (TPSA) is 60.2 Å². The van der Waals surface area contributed by atoms with Crippen molar-refractivity contribution < 1.29 is 9.72 Å². The summed E-state index contributed by atoms with van der Waals surface area (Å²) in [5.41, 5.74) is 2.69. The third-order valence-corrected chi connectivity index (χ3v) is 3.59. The van der Waals surface area contributed by atoms with Crippen LogP contribution >= 0.6 is 0 Å². The minimum atomic E-state index is -0.380. The number of nitro groups is 1. The molecule has 0 aliphatic carbocycles. The highest BCUT2D eigenvalue weighted by molar-refractivity contribution is 6.10. The van der Waals surface area contributed by atoms with Crippen molar-refractivity contribution in [3.8, 4) is 0 Å². The van der Waals surface area contributed by atoms with Gasteiger partial charge in [0.2, 0.25) is 0 Å². The quantitative estimate of drug-likeness (QED) is 0.474. The Bertz CT molecular complexity index is 678. The molecule has 0 N–H and O–H groups in total. The molecule has 4 heteroatoms. The van der Waals surface area contributed by atoms with E-state index in [1.54, 1.807) is 18.2 Å². The molecule has 21 heavy (non-hydrogen) atoms. The van der Waals surface area contributed by atoms with Gasteiger partial charge in [0, 0.05) is 22.8 Å². The molecule has 2 aromatic carbocycles. The average molecular weight is 283 g/mol. The number of hydrogen-bond donors (Lipinski definition) is 0. The summed E-state index contributed by atoms with van der Waals surface area (Å²) in [5, 5.41) is 11.1. The van der Waals surface area contributed by atoms with Gasteiger partial charge in [-0.2, -0.15) is 0 Å². The van der Waals surface area contributed by atoms with Crippen molar-refractivity contribution in [3.05, 3.63) is 74.8 Å². The zero-order valence-corrected chi connectivity index (χ0v) is 12.1. The molecule has 2 rings (SSSR count). The first kappa shape index (κ1) is 14.9. The van der Waals surface area contributed by atoms with Crippen LogP contribution < -0.4 is 0 Å². The fourth-order valence-corrected chi connectivity index (χ4v) is 2.61. The number of ketones is 1. The third-order valence-electron chi connectivity index (χ3n) is 3.59. The molecule has 0 saturated carbocycles. The summed E-state index contributed by atoms with van der Waals surface area (Å²) in [6, 6.07) is 12.0. The van der Waals surface area contributed by atoms with Crippen LogP contribution in [0.15, 0.2) is 42.5 Å². The van der Waals surface area contributed by atoms with Crippen molar-refractivity contribution in [2.24, 2.45) is 0 Å². The summed E-state index contributed by atoms with van der Waals surface area (Å²) in [4.78, 5) is 23.3. The lowest BCUT2D eigenvalue weighted by Gasteiger charge is -2.12. The van der Waals surface area contributed by atoms with E-state index in [0.29, 0.717) is 29.5 Å². The highest BCUT2D eigenvalue weighted by atomic mass is 16.6. The number of carbonyl (C=O) groups excluding carboxylic acids is 1. The minimum Gasteiger partial charge on any atom is -0.289 e. The van der Waals surface area contributed by atoms with Gasteiger partial charge in [0.25, 0.3) is 5.69 Å². The molecular formula is C17H17NO3. The minimum absolute atomic E-state index is 0.0861. The molecule has 4 nitrogen and oxygen atoms in total. The average Bonchev–Trinajstić information content (AvgIpc) is 2.53. The van der Waals surface area contributed by atoms with Crippen LogP contribution in [0.1, 0.15) is 40.9 Å². The van der Waals surface area contributed by atoms with Gasteiger partial charge in [-0.15, -0.1) is 0 Å². The van der Waals surface area contributed by atoms with Gasteiger partial charge < -0.3 is 0 Å². The van der Waals surface area contributed by atoms with Crippen LogP contribution in [0.4, 0.5) is 5.69 Å². The zero-order chi connectivity index (χ0) is 15.4. The number of benzene rings is 2. The lowest BCUT2D eigenvalue weighted by molar-refractivity contribution is -0.385. The van der Waals surface area contributed by atoms with Crippen molar-refractivity contribution in [2.45, 2.75) is 26.7 Å². The molecule has 0 atom stereocenters. The van der Waals surface area contributed by atoms with E-state index in [2.05, 4.69) is 0 Å². The van der Waals surface area contributed by atoms with E-state index in [1.165, 1.54) is 6.07 Å². The molecule has 0 amide bonds. The van der Waals surface area contributed by atoms with E-state index in [4.69, 9.17) is 0 Å². The summed E-state index contributed by atoms with van der Waals surface area (Å²) in [5.74, 6) is -0.0861. The first-order valence-corrected chi connectivity index (χ1v) is 6.99. The zero-order valence-electron chi connectivity index (χ0n) is 12.1. The molecule has 0 aliphatic rings.